The van der Waals surface area contributed by atoms with Crippen molar-refractivity contribution in [2.24, 2.45) is 0 Å². The van der Waals surface area contributed by atoms with Crippen molar-refractivity contribution in [1.29, 1.82) is 0 Å². The van der Waals surface area contributed by atoms with E-state index in [1.54, 1.807) is 24.3 Å². The van der Waals surface area contributed by atoms with E-state index in [9.17, 15) is 0 Å². The molecule has 0 fully saturated rings. The number of hydrogen-bond acceptors (Lipinski definition) is 3. The van der Waals surface area contributed by atoms with E-state index in [-0.39, 0.29) is 20.3 Å². The predicted octanol–water partition coefficient (Wildman–Crippen LogP) is 7.06. The summed E-state index contributed by atoms with van der Waals surface area (Å²) in [6.07, 6.45) is 5.47. The van der Waals surface area contributed by atoms with E-state index in [1.807, 2.05) is 22.5 Å². The van der Waals surface area contributed by atoms with E-state index < -0.39 is 0 Å². The molecule has 0 amide bonds. The van der Waals surface area contributed by atoms with Gasteiger partial charge in [-0.1, -0.05) is 64.9 Å². The molecule has 0 saturated carbocycles. The molecule has 0 saturated heterocycles. The van der Waals surface area contributed by atoms with Crippen molar-refractivity contribution >= 4 is 81.5 Å². The minimum atomic E-state index is 0.182. The second-order valence-corrected chi connectivity index (χ2v) is 9.08. The first-order valence-corrected chi connectivity index (χ1v) is 10.6. The Kier molecular flexibility index (Phi) is 8.07. The van der Waals surface area contributed by atoms with Crippen LogP contribution >= 0.6 is 81.5 Å². The second kappa shape index (κ2) is 9.33. The standard InChI is InChI=1S/C14H13Cl5N2S2/c1-2-22-6-8(5-21-4-3-20-7-21)23-14-12(18)10(16)9(15)11(17)13(14)19/h3-4,7-8H,2,5-6H2,1H3. The third-order valence-corrected chi connectivity index (χ3v) is 7.99. The SMILES string of the molecule is CCSCC(Cn1ccnc1)Sc1c(Cl)c(Cl)c(Cl)c(Cl)c1Cl. The highest BCUT2D eigenvalue weighted by atomic mass is 35.5. The minimum Gasteiger partial charge on any atom is -0.336 e. The quantitative estimate of drug-likeness (QED) is 0.255. The van der Waals surface area contributed by atoms with Crippen molar-refractivity contribution < 1.29 is 0 Å². The highest BCUT2D eigenvalue weighted by Crippen LogP contribution is 2.49. The molecule has 0 radical (unpaired) electrons. The Morgan fingerprint density at radius 3 is 2.17 bits per heavy atom. The van der Waals surface area contributed by atoms with E-state index in [4.69, 9.17) is 58.0 Å². The van der Waals surface area contributed by atoms with Gasteiger partial charge < -0.3 is 4.57 Å². The normalized spacial score (nSPS) is 12.6. The van der Waals surface area contributed by atoms with Crippen LogP contribution in [0.25, 0.3) is 0 Å². The molecule has 0 bridgehead atoms. The van der Waals surface area contributed by atoms with Crippen LogP contribution in [0.4, 0.5) is 0 Å². The van der Waals surface area contributed by atoms with Crippen molar-refractivity contribution in [1.82, 2.24) is 9.55 Å². The summed E-state index contributed by atoms with van der Waals surface area (Å²) >= 11 is 34.4. The number of hydrogen-bond donors (Lipinski definition) is 0. The molecule has 1 heterocycles. The molecular formula is C14H13Cl5N2S2. The minimum absolute atomic E-state index is 0.182. The van der Waals surface area contributed by atoms with Gasteiger partial charge in [0.1, 0.15) is 0 Å². The third kappa shape index (κ3) is 5.04. The molecule has 0 aliphatic heterocycles. The number of nitrogens with zero attached hydrogens (tertiary/aromatic N) is 2. The highest BCUT2D eigenvalue weighted by molar-refractivity contribution is 8.03. The summed E-state index contributed by atoms with van der Waals surface area (Å²) in [6.45, 7) is 2.90. The maximum Gasteiger partial charge on any atom is 0.0946 e. The van der Waals surface area contributed by atoms with Gasteiger partial charge >= 0.3 is 0 Å². The molecule has 1 aromatic carbocycles. The van der Waals surface area contributed by atoms with Crippen molar-refractivity contribution in [3.63, 3.8) is 0 Å². The van der Waals surface area contributed by atoms with Gasteiger partial charge in [0.05, 0.1) is 31.4 Å². The van der Waals surface area contributed by atoms with Crippen LogP contribution in [0.5, 0.6) is 0 Å². The van der Waals surface area contributed by atoms with E-state index in [1.165, 1.54) is 0 Å². The molecule has 9 heteroatoms. The van der Waals surface area contributed by atoms with Crippen molar-refractivity contribution in [2.75, 3.05) is 11.5 Å². The molecule has 0 aliphatic carbocycles. The summed E-state index contributed by atoms with van der Waals surface area (Å²) in [6, 6.07) is 0. The summed E-state index contributed by atoms with van der Waals surface area (Å²) in [7, 11) is 0. The molecule has 0 spiro atoms. The molecule has 0 aliphatic rings. The number of thioether (sulfide) groups is 2. The Hall–Kier alpha value is 0.580. The van der Waals surface area contributed by atoms with Crippen LogP contribution in [0.2, 0.25) is 25.1 Å². The zero-order chi connectivity index (χ0) is 17.0. The lowest BCUT2D eigenvalue weighted by molar-refractivity contribution is 0.696. The van der Waals surface area contributed by atoms with Crippen molar-refractivity contribution in [3.8, 4) is 0 Å². The number of benzene rings is 1. The Morgan fingerprint density at radius 2 is 1.65 bits per heavy atom. The monoisotopic (exact) mass is 448 g/mol. The summed E-state index contributed by atoms with van der Waals surface area (Å²) in [5, 5.41) is 1.56. The van der Waals surface area contributed by atoms with Crippen molar-refractivity contribution in [3.05, 3.63) is 43.8 Å². The summed E-state index contributed by atoms with van der Waals surface area (Å²) < 4.78 is 2.02. The van der Waals surface area contributed by atoms with Gasteiger partial charge in [0, 0.05) is 34.8 Å². The molecule has 23 heavy (non-hydrogen) atoms. The lowest BCUT2D eigenvalue weighted by Gasteiger charge is -2.19. The molecule has 2 aromatic rings. The van der Waals surface area contributed by atoms with Crippen LogP contribution in [0.3, 0.4) is 0 Å². The largest absolute Gasteiger partial charge is 0.336 e. The van der Waals surface area contributed by atoms with Crippen LogP contribution in [0.1, 0.15) is 6.92 Å². The lowest BCUT2D eigenvalue weighted by atomic mass is 10.3. The summed E-state index contributed by atoms with van der Waals surface area (Å²) in [5.41, 5.74) is 0. The van der Waals surface area contributed by atoms with Gasteiger partial charge in [-0.15, -0.1) is 11.8 Å². The Balaban J connectivity index is 2.28. The molecule has 1 atom stereocenters. The molecule has 2 nitrogen and oxygen atoms in total. The average Bonchev–Trinajstić information content (AvgIpc) is 3.05. The number of imidazole rings is 1. The molecule has 1 unspecified atom stereocenters. The highest BCUT2D eigenvalue weighted by Gasteiger charge is 2.23. The van der Waals surface area contributed by atoms with Crippen LogP contribution in [-0.2, 0) is 6.54 Å². The van der Waals surface area contributed by atoms with Gasteiger partial charge in [0.2, 0.25) is 0 Å². The smallest absolute Gasteiger partial charge is 0.0946 e. The predicted molar refractivity (Wildman–Crippen MR) is 106 cm³/mol. The second-order valence-electron chi connectivity index (χ2n) is 4.56. The van der Waals surface area contributed by atoms with E-state index >= 15 is 0 Å². The van der Waals surface area contributed by atoms with E-state index in [0.29, 0.717) is 14.9 Å². The maximum absolute atomic E-state index is 6.33. The zero-order valence-corrected chi connectivity index (χ0v) is 17.4. The Bertz CT molecular complexity index is 635. The fourth-order valence-corrected chi connectivity index (χ4v) is 5.53. The Labute approximate surface area is 169 Å². The van der Waals surface area contributed by atoms with Gasteiger partial charge in [-0.2, -0.15) is 11.8 Å². The van der Waals surface area contributed by atoms with Crippen LogP contribution < -0.4 is 0 Å². The molecular weight excluding hydrogens is 438 g/mol. The number of rotatable bonds is 7. The van der Waals surface area contributed by atoms with Gasteiger partial charge in [-0.25, -0.2) is 4.98 Å². The van der Waals surface area contributed by atoms with E-state index in [2.05, 4.69) is 11.9 Å². The summed E-state index contributed by atoms with van der Waals surface area (Å²) in [4.78, 5) is 4.73. The van der Waals surface area contributed by atoms with Crippen LogP contribution in [0.15, 0.2) is 23.6 Å². The maximum atomic E-state index is 6.33. The van der Waals surface area contributed by atoms with E-state index in [0.717, 1.165) is 18.1 Å². The lowest BCUT2D eigenvalue weighted by Crippen LogP contribution is -2.15. The molecule has 2 rings (SSSR count). The van der Waals surface area contributed by atoms with Crippen molar-refractivity contribution in [2.45, 2.75) is 23.6 Å². The first-order chi connectivity index (χ1) is 11.0. The first kappa shape index (κ1) is 19.9. The topological polar surface area (TPSA) is 17.8 Å². The first-order valence-electron chi connectivity index (χ1n) is 6.67. The molecule has 0 N–H and O–H groups in total. The molecule has 126 valence electrons. The van der Waals surface area contributed by atoms with Gasteiger partial charge in [0.15, 0.2) is 0 Å². The average molecular weight is 451 g/mol. The van der Waals surface area contributed by atoms with Crippen LogP contribution in [-0.4, -0.2) is 26.3 Å². The van der Waals surface area contributed by atoms with Gasteiger partial charge in [0.25, 0.3) is 0 Å². The fraction of sp³-hybridized carbons (Fsp3) is 0.357. The molecule has 1 aromatic heterocycles. The van der Waals surface area contributed by atoms with Gasteiger partial charge in [-0.3, -0.25) is 0 Å². The number of aromatic nitrogens is 2. The fourth-order valence-electron chi connectivity index (χ4n) is 1.86. The van der Waals surface area contributed by atoms with Crippen LogP contribution in [0, 0.1) is 0 Å². The number of halogens is 5. The summed E-state index contributed by atoms with van der Waals surface area (Å²) in [5.74, 6) is 1.97. The van der Waals surface area contributed by atoms with Gasteiger partial charge in [-0.05, 0) is 5.75 Å². The zero-order valence-electron chi connectivity index (χ0n) is 12.0. The Morgan fingerprint density at radius 1 is 1.04 bits per heavy atom. The third-order valence-electron chi connectivity index (χ3n) is 2.94.